The van der Waals surface area contributed by atoms with E-state index in [4.69, 9.17) is 4.74 Å². The maximum atomic E-state index is 11.2. The highest BCUT2D eigenvalue weighted by Crippen LogP contribution is 2.18. The third-order valence-corrected chi connectivity index (χ3v) is 4.86. The number of hydrogen-bond acceptors (Lipinski definition) is 3. The molecule has 0 heterocycles. The van der Waals surface area contributed by atoms with Gasteiger partial charge < -0.3 is 10.1 Å². The monoisotopic (exact) mass is 341 g/mol. The van der Waals surface area contributed by atoms with Gasteiger partial charge in [-0.05, 0) is 25.3 Å². The fourth-order valence-electron chi connectivity index (χ4n) is 3.23. The summed E-state index contributed by atoms with van der Waals surface area (Å²) in [5, 5.41) is 3.28. The summed E-state index contributed by atoms with van der Waals surface area (Å²) < 4.78 is 4.70. The lowest BCUT2D eigenvalue weighted by Crippen LogP contribution is -2.29. The van der Waals surface area contributed by atoms with Crippen molar-refractivity contribution < 1.29 is 9.53 Å². The van der Waals surface area contributed by atoms with Crippen molar-refractivity contribution in [2.24, 2.45) is 5.92 Å². The van der Waals surface area contributed by atoms with E-state index in [1.165, 1.54) is 97.0 Å². The van der Waals surface area contributed by atoms with E-state index in [-0.39, 0.29) is 5.97 Å². The molecule has 0 bridgehead atoms. The van der Waals surface area contributed by atoms with Gasteiger partial charge in [-0.2, -0.15) is 0 Å². The topological polar surface area (TPSA) is 38.3 Å². The van der Waals surface area contributed by atoms with Crippen LogP contribution in [-0.4, -0.2) is 26.2 Å². The van der Waals surface area contributed by atoms with Crippen LogP contribution in [0, 0.1) is 5.92 Å². The highest BCUT2D eigenvalue weighted by molar-refractivity contribution is 5.71. The maximum absolute atomic E-state index is 11.2. The van der Waals surface area contributed by atoms with Gasteiger partial charge in [-0.25, -0.2) is 0 Å². The van der Waals surface area contributed by atoms with Crippen molar-refractivity contribution in [3.8, 4) is 0 Å². The zero-order chi connectivity index (χ0) is 17.9. The number of carbonyl (C=O) groups is 1. The first-order chi connectivity index (χ1) is 11.7. The molecule has 0 radical (unpaired) electrons. The lowest BCUT2D eigenvalue weighted by atomic mass is 9.94. The van der Waals surface area contributed by atoms with Crippen LogP contribution < -0.4 is 5.32 Å². The molecule has 0 saturated carbocycles. The Morgan fingerprint density at radius 3 is 1.71 bits per heavy atom. The van der Waals surface area contributed by atoms with Crippen molar-refractivity contribution in [3.63, 3.8) is 0 Å². The van der Waals surface area contributed by atoms with Gasteiger partial charge in [0.05, 0.1) is 13.7 Å². The van der Waals surface area contributed by atoms with Crippen molar-refractivity contribution in [2.45, 2.75) is 104 Å². The molecule has 3 heteroatoms. The quantitative estimate of drug-likeness (QED) is 0.250. The number of esters is 1. The molecule has 0 spiro atoms. The molecule has 0 aromatic carbocycles. The molecule has 3 nitrogen and oxygen atoms in total. The largest absolute Gasteiger partial charge is 0.468 e. The maximum Gasteiger partial charge on any atom is 0.319 e. The number of unbranched alkanes of at least 4 members (excludes halogenated alkanes) is 10. The Labute approximate surface area is 151 Å². The first kappa shape index (κ1) is 23.4. The molecule has 1 N–H and O–H groups in total. The van der Waals surface area contributed by atoms with E-state index in [2.05, 4.69) is 19.2 Å². The van der Waals surface area contributed by atoms with Gasteiger partial charge in [0.2, 0.25) is 0 Å². The first-order valence-corrected chi connectivity index (χ1v) is 10.5. The van der Waals surface area contributed by atoms with E-state index in [1.807, 2.05) is 0 Å². The molecule has 0 fully saturated rings. The second-order valence-electron chi connectivity index (χ2n) is 7.19. The van der Waals surface area contributed by atoms with Crippen LogP contribution in [0.2, 0.25) is 0 Å². The van der Waals surface area contributed by atoms with Crippen LogP contribution in [0.3, 0.4) is 0 Å². The van der Waals surface area contributed by atoms with Gasteiger partial charge in [0.25, 0.3) is 0 Å². The van der Waals surface area contributed by atoms with Crippen LogP contribution in [-0.2, 0) is 9.53 Å². The zero-order valence-electron chi connectivity index (χ0n) is 16.7. The molecule has 0 saturated heterocycles. The van der Waals surface area contributed by atoms with E-state index in [1.54, 1.807) is 0 Å². The smallest absolute Gasteiger partial charge is 0.319 e. The number of hydrogen-bond donors (Lipinski definition) is 1. The molecule has 144 valence electrons. The summed E-state index contributed by atoms with van der Waals surface area (Å²) >= 11 is 0. The molecular formula is C21H43NO2. The Kier molecular flexibility index (Phi) is 18.3. The van der Waals surface area contributed by atoms with E-state index in [0.717, 1.165) is 6.54 Å². The van der Waals surface area contributed by atoms with Gasteiger partial charge in [-0.15, -0.1) is 0 Å². The van der Waals surface area contributed by atoms with E-state index >= 15 is 0 Å². The molecule has 24 heavy (non-hydrogen) atoms. The van der Waals surface area contributed by atoms with Crippen LogP contribution in [0.25, 0.3) is 0 Å². The number of ether oxygens (including phenoxy) is 1. The van der Waals surface area contributed by atoms with Gasteiger partial charge in [0.15, 0.2) is 0 Å². The lowest BCUT2D eigenvalue weighted by molar-refractivity contribution is -0.139. The standard InChI is InChI=1S/C21H43NO2/c1-4-6-8-10-11-13-15-17-20(16-14-12-9-7-5-2)18-22-19-21(23)24-3/h20,22H,4-19H2,1-3H3. The van der Waals surface area contributed by atoms with Crippen molar-refractivity contribution in [2.75, 3.05) is 20.2 Å². The van der Waals surface area contributed by atoms with Crippen LogP contribution >= 0.6 is 0 Å². The molecule has 0 aliphatic carbocycles. The van der Waals surface area contributed by atoms with Crippen LogP contribution in [0.1, 0.15) is 104 Å². The van der Waals surface area contributed by atoms with E-state index in [9.17, 15) is 4.79 Å². The van der Waals surface area contributed by atoms with Crippen molar-refractivity contribution in [3.05, 3.63) is 0 Å². The second kappa shape index (κ2) is 18.8. The van der Waals surface area contributed by atoms with Crippen molar-refractivity contribution >= 4 is 5.97 Å². The minimum absolute atomic E-state index is 0.160. The summed E-state index contributed by atoms with van der Waals surface area (Å²) in [5.41, 5.74) is 0. The van der Waals surface area contributed by atoms with Crippen molar-refractivity contribution in [1.82, 2.24) is 5.32 Å². The predicted octanol–water partition coefficient (Wildman–Crippen LogP) is 5.87. The molecule has 0 aromatic rings. The van der Waals surface area contributed by atoms with Gasteiger partial charge in [-0.1, -0.05) is 90.9 Å². The third-order valence-electron chi connectivity index (χ3n) is 4.86. The first-order valence-electron chi connectivity index (χ1n) is 10.5. The molecule has 0 aliphatic heterocycles. The fraction of sp³-hybridized carbons (Fsp3) is 0.952. The minimum Gasteiger partial charge on any atom is -0.468 e. The van der Waals surface area contributed by atoms with Crippen LogP contribution in [0.5, 0.6) is 0 Å². The molecule has 1 atom stereocenters. The van der Waals surface area contributed by atoms with Crippen LogP contribution in [0.4, 0.5) is 0 Å². The molecule has 0 aromatic heterocycles. The Morgan fingerprint density at radius 2 is 1.25 bits per heavy atom. The van der Waals surface area contributed by atoms with E-state index < -0.39 is 0 Å². The summed E-state index contributed by atoms with van der Waals surface area (Å²) in [5.74, 6) is 0.555. The molecule has 0 aliphatic rings. The molecule has 1 unspecified atom stereocenters. The Balaban J connectivity index is 3.82. The predicted molar refractivity (Wildman–Crippen MR) is 104 cm³/mol. The normalized spacial score (nSPS) is 12.3. The minimum atomic E-state index is -0.160. The zero-order valence-corrected chi connectivity index (χ0v) is 16.7. The highest BCUT2D eigenvalue weighted by Gasteiger charge is 2.09. The lowest BCUT2D eigenvalue weighted by Gasteiger charge is -2.17. The summed E-state index contributed by atoms with van der Waals surface area (Å²) in [6.07, 6.45) is 18.9. The number of nitrogens with one attached hydrogen (secondary N) is 1. The van der Waals surface area contributed by atoms with Gasteiger partial charge in [-0.3, -0.25) is 4.79 Å². The fourth-order valence-corrected chi connectivity index (χ4v) is 3.23. The Morgan fingerprint density at radius 1 is 0.792 bits per heavy atom. The molecule has 0 amide bonds. The summed E-state index contributed by atoms with van der Waals surface area (Å²) in [4.78, 5) is 11.2. The SMILES string of the molecule is CCCCCCCCCC(CCCCCCC)CNCC(=O)OC. The number of carbonyl (C=O) groups excluding carboxylic acids is 1. The summed E-state index contributed by atoms with van der Waals surface area (Å²) in [7, 11) is 1.45. The van der Waals surface area contributed by atoms with Crippen LogP contribution in [0.15, 0.2) is 0 Å². The second-order valence-corrected chi connectivity index (χ2v) is 7.19. The average Bonchev–Trinajstić information content (AvgIpc) is 2.59. The number of rotatable bonds is 18. The Hall–Kier alpha value is -0.570. The third kappa shape index (κ3) is 16.3. The molecule has 0 rings (SSSR count). The van der Waals surface area contributed by atoms with Gasteiger partial charge in [0.1, 0.15) is 0 Å². The Bertz CT molecular complexity index is 269. The molecular weight excluding hydrogens is 298 g/mol. The van der Waals surface area contributed by atoms with Gasteiger partial charge in [0, 0.05) is 0 Å². The van der Waals surface area contributed by atoms with Crippen molar-refractivity contribution in [1.29, 1.82) is 0 Å². The number of methoxy groups -OCH3 is 1. The average molecular weight is 342 g/mol. The summed E-state index contributed by atoms with van der Waals surface area (Å²) in [6.45, 7) is 5.84. The van der Waals surface area contributed by atoms with Gasteiger partial charge >= 0.3 is 5.97 Å². The highest BCUT2D eigenvalue weighted by atomic mass is 16.5. The summed E-state index contributed by atoms with van der Waals surface area (Å²) in [6, 6.07) is 0. The van der Waals surface area contributed by atoms with E-state index in [0.29, 0.717) is 12.5 Å².